The van der Waals surface area contributed by atoms with Crippen LogP contribution in [0.2, 0.25) is 0 Å². The Morgan fingerprint density at radius 2 is 1.77 bits per heavy atom. The van der Waals surface area contributed by atoms with Crippen molar-refractivity contribution in [3.63, 3.8) is 0 Å². The molecule has 3 rings (SSSR count). The van der Waals surface area contributed by atoms with Gasteiger partial charge in [0.15, 0.2) is 0 Å². The Balaban J connectivity index is 2.26. The van der Waals surface area contributed by atoms with Gasteiger partial charge in [-0.25, -0.2) is 12.4 Å². The quantitative estimate of drug-likeness (QED) is 0.808. The molecule has 0 aliphatic rings. The molecule has 0 spiro atoms. The van der Waals surface area contributed by atoms with Crippen molar-refractivity contribution in [1.29, 1.82) is 0 Å². The lowest BCUT2D eigenvalue weighted by molar-refractivity contribution is 0.591. The summed E-state index contributed by atoms with van der Waals surface area (Å²) in [4.78, 5) is 0. The molecule has 5 heteroatoms. The van der Waals surface area contributed by atoms with Gasteiger partial charge in [-0.05, 0) is 24.6 Å². The van der Waals surface area contributed by atoms with Gasteiger partial charge in [-0.15, -0.1) is 0 Å². The maximum absolute atomic E-state index is 12.2. The standard InChI is InChI=1S/C17H18N2O2S/c1-12-6-5-8-14(10-12)17(18)16-11-13-7-3-4-9-15(13)19(16)22(2,20)21/h3-11,17H,18H2,1-2H3/t17-/m0/s1. The highest BCUT2D eigenvalue weighted by Gasteiger charge is 2.21. The Bertz CT molecular complexity index is 942. The average Bonchev–Trinajstić information content (AvgIpc) is 2.85. The molecule has 0 saturated heterocycles. The zero-order valence-corrected chi connectivity index (χ0v) is 13.3. The van der Waals surface area contributed by atoms with Crippen molar-refractivity contribution in [3.05, 3.63) is 71.4 Å². The van der Waals surface area contributed by atoms with Crippen LogP contribution in [0.3, 0.4) is 0 Å². The maximum atomic E-state index is 12.2. The molecule has 4 nitrogen and oxygen atoms in total. The first-order valence-electron chi connectivity index (χ1n) is 7.01. The highest BCUT2D eigenvalue weighted by Crippen LogP contribution is 2.28. The van der Waals surface area contributed by atoms with Gasteiger partial charge in [0.2, 0.25) is 10.0 Å². The molecule has 0 amide bonds. The summed E-state index contributed by atoms with van der Waals surface area (Å²) in [6.45, 7) is 1.99. The van der Waals surface area contributed by atoms with Crippen LogP contribution in [-0.2, 0) is 10.0 Å². The third kappa shape index (κ3) is 2.53. The maximum Gasteiger partial charge on any atom is 0.236 e. The van der Waals surface area contributed by atoms with Crippen LogP contribution in [0.5, 0.6) is 0 Å². The SMILES string of the molecule is Cc1cccc([C@H](N)c2cc3ccccc3n2S(C)(=O)=O)c1. The molecule has 1 aromatic heterocycles. The van der Waals surface area contributed by atoms with Crippen LogP contribution in [0, 0.1) is 6.92 Å². The number of para-hydroxylation sites is 1. The third-order valence-electron chi connectivity index (χ3n) is 3.74. The van der Waals surface area contributed by atoms with Crippen molar-refractivity contribution in [2.75, 3.05) is 6.26 Å². The molecule has 3 aromatic rings. The van der Waals surface area contributed by atoms with Gasteiger partial charge in [0, 0.05) is 5.39 Å². The van der Waals surface area contributed by atoms with Gasteiger partial charge in [-0.3, -0.25) is 0 Å². The van der Waals surface area contributed by atoms with Gasteiger partial charge in [-0.2, -0.15) is 0 Å². The summed E-state index contributed by atoms with van der Waals surface area (Å²) in [7, 11) is -3.44. The van der Waals surface area contributed by atoms with Crippen LogP contribution in [-0.4, -0.2) is 18.6 Å². The fourth-order valence-electron chi connectivity index (χ4n) is 2.77. The molecular formula is C17H18N2O2S. The van der Waals surface area contributed by atoms with E-state index in [1.807, 2.05) is 55.5 Å². The molecule has 1 heterocycles. The lowest BCUT2D eigenvalue weighted by Gasteiger charge is -2.16. The Morgan fingerprint density at radius 3 is 2.45 bits per heavy atom. The molecule has 0 bridgehead atoms. The predicted octanol–water partition coefficient (Wildman–Crippen LogP) is 2.81. The third-order valence-corrected chi connectivity index (χ3v) is 4.82. The number of hydrogen-bond acceptors (Lipinski definition) is 3. The van der Waals surface area contributed by atoms with Gasteiger partial charge in [0.05, 0.1) is 23.5 Å². The summed E-state index contributed by atoms with van der Waals surface area (Å²) in [6.07, 6.45) is 1.20. The number of hydrogen-bond donors (Lipinski definition) is 1. The first kappa shape index (κ1) is 14.8. The summed E-state index contributed by atoms with van der Waals surface area (Å²) in [6, 6.07) is 16.6. The molecule has 0 fully saturated rings. The topological polar surface area (TPSA) is 65.1 Å². The van der Waals surface area contributed by atoms with Gasteiger partial charge >= 0.3 is 0 Å². The Labute approximate surface area is 130 Å². The highest BCUT2D eigenvalue weighted by molar-refractivity contribution is 7.89. The minimum absolute atomic E-state index is 0.498. The molecule has 0 saturated carbocycles. The lowest BCUT2D eigenvalue weighted by Crippen LogP contribution is -2.21. The highest BCUT2D eigenvalue weighted by atomic mass is 32.2. The molecule has 2 aromatic carbocycles. The fraction of sp³-hybridized carbons (Fsp3) is 0.176. The molecule has 2 N–H and O–H groups in total. The number of aromatic nitrogens is 1. The van der Waals surface area contributed by atoms with E-state index in [0.29, 0.717) is 11.2 Å². The number of nitrogens with two attached hydrogens (primary N) is 1. The predicted molar refractivity (Wildman–Crippen MR) is 89.4 cm³/mol. The first-order valence-corrected chi connectivity index (χ1v) is 8.86. The number of benzene rings is 2. The van der Waals surface area contributed by atoms with E-state index < -0.39 is 16.1 Å². The molecular weight excluding hydrogens is 296 g/mol. The summed E-state index contributed by atoms with van der Waals surface area (Å²) in [5, 5.41) is 0.867. The Hall–Kier alpha value is -2.11. The average molecular weight is 314 g/mol. The Kier molecular flexibility index (Phi) is 3.54. The van der Waals surface area contributed by atoms with Crippen LogP contribution in [0.25, 0.3) is 10.9 Å². The van der Waals surface area contributed by atoms with Crippen molar-refractivity contribution >= 4 is 20.9 Å². The lowest BCUT2D eigenvalue weighted by atomic mass is 10.0. The molecule has 22 heavy (non-hydrogen) atoms. The second kappa shape index (κ2) is 5.26. The van der Waals surface area contributed by atoms with Gasteiger partial charge < -0.3 is 5.73 Å². The normalized spacial score (nSPS) is 13.4. The number of rotatable bonds is 3. The zero-order chi connectivity index (χ0) is 15.9. The van der Waals surface area contributed by atoms with E-state index in [1.165, 1.54) is 10.2 Å². The minimum Gasteiger partial charge on any atom is -0.319 e. The van der Waals surface area contributed by atoms with E-state index in [4.69, 9.17) is 5.73 Å². The van der Waals surface area contributed by atoms with E-state index in [1.54, 1.807) is 6.07 Å². The van der Waals surface area contributed by atoms with E-state index >= 15 is 0 Å². The monoisotopic (exact) mass is 314 g/mol. The summed E-state index contributed by atoms with van der Waals surface area (Å²) in [5.41, 5.74) is 9.58. The summed E-state index contributed by atoms with van der Waals surface area (Å²) in [5.74, 6) is 0. The van der Waals surface area contributed by atoms with Gasteiger partial charge in [0.1, 0.15) is 0 Å². The molecule has 0 radical (unpaired) electrons. The first-order chi connectivity index (χ1) is 10.4. The molecule has 1 atom stereocenters. The van der Waals surface area contributed by atoms with E-state index in [9.17, 15) is 8.42 Å². The largest absolute Gasteiger partial charge is 0.319 e. The van der Waals surface area contributed by atoms with Crippen molar-refractivity contribution in [1.82, 2.24) is 3.97 Å². The fourth-order valence-corrected chi connectivity index (χ4v) is 3.84. The summed E-state index contributed by atoms with van der Waals surface area (Å²) >= 11 is 0. The second-order valence-corrected chi connectivity index (χ2v) is 7.38. The molecule has 114 valence electrons. The van der Waals surface area contributed by atoms with Crippen LogP contribution in [0.4, 0.5) is 0 Å². The number of nitrogens with zero attached hydrogens (tertiary/aromatic N) is 1. The van der Waals surface area contributed by atoms with Crippen LogP contribution < -0.4 is 5.73 Å². The smallest absolute Gasteiger partial charge is 0.236 e. The van der Waals surface area contributed by atoms with Crippen molar-refractivity contribution in [2.24, 2.45) is 5.73 Å². The van der Waals surface area contributed by atoms with Crippen molar-refractivity contribution in [3.8, 4) is 0 Å². The Morgan fingerprint density at radius 1 is 1.05 bits per heavy atom. The number of fused-ring (bicyclic) bond motifs is 1. The molecule has 0 aliphatic carbocycles. The van der Waals surface area contributed by atoms with Crippen molar-refractivity contribution < 1.29 is 8.42 Å². The van der Waals surface area contributed by atoms with Gasteiger partial charge in [-0.1, -0.05) is 48.0 Å². The second-order valence-electron chi connectivity index (χ2n) is 5.55. The summed E-state index contributed by atoms with van der Waals surface area (Å²) < 4.78 is 25.8. The molecule has 0 unspecified atom stereocenters. The number of aryl methyl sites for hydroxylation is 1. The van der Waals surface area contributed by atoms with E-state index in [2.05, 4.69) is 0 Å². The minimum atomic E-state index is -3.44. The van der Waals surface area contributed by atoms with Crippen molar-refractivity contribution in [2.45, 2.75) is 13.0 Å². The van der Waals surface area contributed by atoms with E-state index in [-0.39, 0.29) is 0 Å². The van der Waals surface area contributed by atoms with Crippen LogP contribution in [0.1, 0.15) is 22.9 Å². The van der Waals surface area contributed by atoms with E-state index in [0.717, 1.165) is 16.5 Å². The van der Waals surface area contributed by atoms with Crippen LogP contribution >= 0.6 is 0 Å². The van der Waals surface area contributed by atoms with Gasteiger partial charge in [0.25, 0.3) is 0 Å². The zero-order valence-electron chi connectivity index (χ0n) is 12.5. The van der Waals surface area contributed by atoms with Crippen LogP contribution in [0.15, 0.2) is 54.6 Å². The molecule has 0 aliphatic heterocycles.